The first-order chi connectivity index (χ1) is 55.0. The Kier molecular flexibility index (Phi) is 26.4. The average molecular weight is 1550 g/mol. The zero-order chi connectivity index (χ0) is 78.8. The summed E-state index contributed by atoms with van der Waals surface area (Å²) < 4.78 is 66.8. The summed E-state index contributed by atoms with van der Waals surface area (Å²) in [6.45, 7) is 1.06. The van der Waals surface area contributed by atoms with Crippen LogP contribution in [0.3, 0.4) is 0 Å². The number of hydrogen-bond donors (Lipinski definition) is 2. The molecule has 5 heterocycles. The maximum absolute atomic E-state index is 14.0. The van der Waals surface area contributed by atoms with E-state index < -0.39 is 74.7 Å². The lowest BCUT2D eigenvalue weighted by atomic mass is 9.80. The molecule has 28 heteroatoms. The van der Waals surface area contributed by atoms with Crippen LogP contribution in [0.25, 0.3) is 22.3 Å². The minimum absolute atomic E-state index is 0.0222. The van der Waals surface area contributed by atoms with Crippen LogP contribution in [0.4, 0.5) is 16.4 Å². The van der Waals surface area contributed by atoms with Gasteiger partial charge in [-0.2, -0.15) is 10.2 Å². The number of ketones is 2. The van der Waals surface area contributed by atoms with Crippen molar-refractivity contribution in [3.05, 3.63) is 262 Å². The molecule has 3 aromatic heterocycles. The van der Waals surface area contributed by atoms with Crippen molar-refractivity contribution in [1.29, 1.82) is 5.26 Å². The Labute approximate surface area is 653 Å². The number of nitriles is 1. The largest absolute Gasteiger partial charge is 0.497 e. The molecule has 2 fully saturated rings. The molecule has 13 rings (SSSR count). The van der Waals surface area contributed by atoms with Crippen molar-refractivity contribution in [1.82, 2.24) is 34.0 Å². The van der Waals surface area contributed by atoms with Gasteiger partial charge in [-0.3, -0.25) is 28.3 Å². The van der Waals surface area contributed by atoms with E-state index in [-0.39, 0.29) is 112 Å². The SMILES string of the molecule is COc1ccc(C(OC[C@H]2O[C@@H](n3cnc4c(NC(=O)CCCN(C)C(=O)OCC5c6ccccc6-c6ccccc65)ncnc43)CC2OP(OCCC#N)OC[C@H]2O[C@@H](n3ccc(NC(=O)c4ccc(CCC(=O)Cc5ccccc5)cc4)nc3=O)CC2OC(=O)CCC(C)=O)(c2ccccc2)c2ccc(OC)cc2)cc1. The third kappa shape index (κ3) is 19.4. The van der Waals surface area contributed by atoms with Gasteiger partial charge in [0.25, 0.3) is 5.91 Å². The number of amides is 3. The number of nitrogens with one attached hydrogen (secondary N) is 2. The average Bonchev–Trinajstić information content (AvgIpc) is 1.11. The van der Waals surface area contributed by atoms with Crippen molar-refractivity contribution in [3.63, 3.8) is 0 Å². The molecule has 3 aliphatic rings. The minimum atomic E-state index is -2.49. The molecule has 2 saturated heterocycles. The summed E-state index contributed by atoms with van der Waals surface area (Å²) in [5.41, 5.74) is 7.15. The fraction of sp³-hybridized carbons (Fsp3) is 0.318. The number of carbonyl (C=O) groups is 6. The maximum Gasteiger partial charge on any atom is 0.409 e. The van der Waals surface area contributed by atoms with Crippen LogP contribution >= 0.6 is 8.60 Å². The second kappa shape index (κ2) is 37.5. The van der Waals surface area contributed by atoms with Crippen LogP contribution in [-0.4, -0.2) is 148 Å². The molecule has 7 aromatic carbocycles. The lowest BCUT2D eigenvalue weighted by molar-refractivity contribution is -0.153. The zero-order valence-electron chi connectivity index (χ0n) is 62.7. The van der Waals surface area contributed by atoms with Gasteiger partial charge in [-0.25, -0.2) is 24.5 Å². The molecule has 0 saturated carbocycles. The highest BCUT2D eigenvalue weighted by Gasteiger charge is 2.46. The summed E-state index contributed by atoms with van der Waals surface area (Å²) >= 11 is 0. The number of nitrogens with zero attached hydrogens (tertiary/aromatic N) is 8. The number of benzene rings is 7. The number of methoxy groups -OCH3 is 2. The molecule has 10 aromatic rings. The number of carbonyl (C=O) groups excluding carboxylic acids is 6. The number of imidazole rings is 1. The van der Waals surface area contributed by atoms with E-state index >= 15 is 0 Å². The van der Waals surface area contributed by atoms with E-state index in [4.69, 9.17) is 51.7 Å². The van der Waals surface area contributed by atoms with Crippen molar-refractivity contribution < 1.29 is 75.5 Å². The van der Waals surface area contributed by atoms with Gasteiger partial charge >= 0.3 is 26.4 Å². The summed E-state index contributed by atoms with van der Waals surface area (Å²) in [7, 11) is 2.31. The Balaban J connectivity index is 0.725. The Morgan fingerprint density at radius 3 is 1.94 bits per heavy atom. The highest BCUT2D eigenvalue weighted by Crippen LogP contribution is 2.50. The fourth-order valence-electron chi connectivity index (χ4n) is 14.1. The molecule has 0 spiro atoms. The van der Waals surface area contributed by atoms with E-state index in [1.54, 1.807) is 50.1 Å². The van der Waals surface area contributed by atoms with Gasteiger partial charge < -0.3 is 67.1 Å². The van der Waals surface area contributed by atoms with Gasteiger partial charge in [0.1, 0.15) is 78.2 Å². The number of ether oxygens (including phenoxy) is 7. The van der Waals surface area contributed by atoms with Crippen LogP contribution in [0.1, 0.15) is 126 Å². The first-order valence-corrected chi connectivity index (χ1v) is 38.3. The monoisotopic (exact) mass is 1550 g/mol. The summed E-state index contributed by atoms with van der Waals surface area (Å²) in [4.78, 5) is 112. The van der Waals surface area contributed by atoms with Crippen molar-refractivity contribution in [2.24, 2.45) is 0 Å². The smallest absolute Gasteiger partial charge is 0.409 e. The molecule has 7 atom stereocenters. The van der Waals surface area contributed by atoms with Gasteiger partial charge in [-0.1, -0.05) is 146 Å². The Morgan fingerprint density at radius 2 is 1.28 bits per heavy atom. The number of Topliss-reactive ketones (excluding diaryl/α,β-unsaturated/α-hetero) is 2. The van der Waals surface area contributed by atoms with Gasteiger partial charge in [0, 0.05) is 69.8 Å². The first kappa shape index (κ1) is 79.4. The van der Waals surface area contributed by atoms with E-state index in [1.807, 2.05) is 133 Å². The highest BCUT2D eigenvalue weighted by atomic mass is 31.2. The Morgan fingerprint density at radius 1 is 0.655 bits per heavy atom. The van der Waals surface area contributed by atoms with E-state index in [9.17, 15) is 38.8 Å². The van der Waals surface area contributed by atoms with Gasteiger partial charge in [0.15, 0.2) is 17.0 Å². The second-order valence-corrected chi connectivity index (χ2v) is 28.6. The van der Waals surface area contributed by atoms with Crippen molar-refractivity contribution in [3.8, 4) is 28.7 Å². The quantitative estimate of drug-likeness (QED) is 0.0159. The molecular formula is C85H85N10O17P. The number of aryl methyl sites for hydroxylation is 1. The first-order valence-electron chi connectivity index (χ1n) is 37.2. The van der Waals surface area contributed by atoms with E-state index in [2.05, 4.69) is 55.9 Å². The lowest BCUT2D eigenvalue weighted by Crippen LogP contribution is -2.38. The topological polar surface area (TPSA) is 324 Å². The Bertz CT molecular complexity index is 5000. The molecule has 1 aliphatic carbocycles. The van der Waals surface area contributed by atoms with Crippen LogP contribution < -0.4 is 25.8 Å². The maximum atomic E-state index is 14.0. The van der Waals surface area contributed by atoms with E-state index in [0.29, 0.717) is 48.4 Å². The van der Waals surface area contributed by atoms with Crippen LogP contribution in [0, 0.1) is 11.3 Å². The van der Waals surface area contributed by atoms with Gasteiger partial charge in [-0.05, 0) is 112 Å². The number of esters is 1. The van der Waals surface area contributed by atoms with Gasteiger partial charge in [0.2, 0.25) is 5.91 Å². The van der Waals surface area contributed by atoms with Crippen LogP contribution in [0.15, 0.2) is 212 Å². The summed E-state index contributed by atoms with van der Waals surface area (Å²) in [5, 5.41) is 15.4. The van der Waals surface area contributed by atoms with Crippen molar-refractivity contribution >= 4 is 66.8 Å². The second-order valence-electron chi connectivity index (χ2n) is 27.5. The lowest BCUT2D eigenvalue weighted by Gasteiger charge is -2.37. The standard InChI is InChI=1S/C85H85N10O17P/c1-55(96)26-41-78(99)111-70-48-76(94-45-42-74(91-83(94)101)90-82(100)58-30-27-56(28-31-58)29-36-62(97)47-57-17-7-5-8-18-57)110-73(70)52-108-113(107-46-16-43-86)112-71-49-77(109-72(71)51-106-85(59-19-9-6-10-20-59,60-32-37-63(103-3)38-33-60)61-34-39-64(104-4)40-35-61)95-54-89-79-80(87-53-88-81(79)95)92-75(98)25-15-44-93(2)84(102)105-50-69-67-23-13-11-21-65(67)66-22-12-14-24-68(66)69/h5-14,17-24,27-28,30-35,37-40,42,45,53-54,69-73,76-77H,15-16,25-26,29,36,41,44,46-52H2,1-4H3,(H,87,88,92,98)(H,90,91,100,101)/t70?,71?,72-,73-,76-,77-,113?/m1/s1. The van der Waals surface area contributed by atoms with Gasteiger partial charge in [-0.15, -0.1) is 0 Å². The third-order valence-electron chi connectivity index (χ3n) is 19.9. The van der Waals surface area contributed by atoms with Crippen molar-refractivity contribution in [2.75, 3.05) is 64.9 Å². The van der Waals surface area contributed by atoms with Crippen LogP contribution in [0.2, 0.25) is 0 Å². The number of anilines is 2. The number of fused-ring (bicyclic) bond motifs is 4. The molecule has 2 N–H and O–H groups in total. The number of aromatic nitrogens is 6. The molecule has 3 amide bonds. The van der Waals surface area contributed by atoms with Gasteiger partial charge in [0.05, 0.1) is 65.4 Å². The zero-order valence-corrected chi connectivity index (χ0v) is 63.6. The minimum Gasteiger partial charge on any atom is -0.497 e. The molecule has 0 bridgehead atoms. The summed E-state index contributed by atoms with van der Waals surface area (Å²) in [5.74, 6) is -0.562. The normalized spacial score (nSPS) is 17.3. The predicted octanol–water partition coefficient (Wildman–Crippen LogP) is 13.1. The van der Waals surface area contributed by atoms with Crippen LogP contribution in [0.5, 0.6) is 11.5 Å². The molecule has 113 heavy (non-hydrogen) atoms. The Hall–Kier alpha value is -11.7. The molecule has 582 valence electrons. The van der Waals surface area contributed by atoms with Crippen LogP contribution in [-0.2, 0) is 74.9 Å². The summed E-state index contributed by atoms with van der Waals surface area (Å²) in [6.07, 6.45) is -1.29. The van der Waals surface area contributed by atoms with E-state index in [0.717, 1.165) is 50.1 Å². The van der Waals surface area contributed by atoms with E-state index in [1.165, 1.54) is 41.3 Å². The third-order valence-corrected chi connectivity index (χ3v) is 21.1. The molecular weight excluding hydrogens is 1460 g/mol. The summed E-state index contributed by atoms with van der Waals surface area (Å²) in [6, 6.07) is 60.8. The number of rotatable bonds is 36. The number of hydrogen-bond acceptors (Lipinski definition) is 22. The fourth-order valence-corrected chi connectivity index (χ4v) is 15.3. The van der Waals surface area contributed by atoms with Crippen molar-refractivity contribution in [2.45, 2.75) is 120 Å². The predicted molar refractivity (Wildman–Crippen MR) is 416 cm³/mol. The molecule has 27 nitrogen and oxygen atoms in total. The molecule has 3 unspecified atom stereocenters. The molecule has 0 radical (unpaired) electrons. The highest BCUT2D eigenvalue weighted by molar-refractivity contribution is 7.41. The molecule has 2 aliphatic heterocycles.